The summed E-state index contributed by atoms with van der Waals surface area (Å²) in [6.07, 6.45) is 2.94. The number of urea groups is 1. The molecule has 1 heterocycles. The maximum atomic E-state index is 13.6. The van der Waals surface area contributed by atoms with Crippen LogP contribution in [0.2, 0.25) is 0 Å². The zero-order valence-corrected chi connectivity index (χ0v) is 9.78. The van der Waals surface area contributed by atoms with Crippen LogP contribution in [0.3, 0.4) is 0 Å². The molecule has 3 amide bonds. The highest BCUT2D eigenvalue weighted by Gasteiger charge is 2.47. The maximum Gasteiger partial charge on any atom is 0.329 e. The molecule has 94 valence electrons. The van der Waals surface area contributed by atoms with Gasteiger partial charge >= 0.3 is 6.03 Å². The van der Waals surface area contributed by atoms with Crippen molar-refractivity contribution in [1.82, 2.24) is 5.32 Å². The van der Waals surface area contributed by atoms with E-state index in [0.29, 0.717) is 0 Å². The summed E-state index contributed by atoms with van der Waals surface area (Å²) in [6.45, 7) is 0. The number of imide groups is 1. The van der Waals surface area contributed by atoms with E-state index in [0.717, 1.165) is 24.2 Å². The first-order valence-corrected chi connectivity index (χ1v) is 6.01. The second kappa shape index (κ2) is 3.80. The number of carbonyl (C=O) groups excluding carboxylic acids is 2. The summed E-state index contributed by atoms with van der Waals surface area (Å²) in [5.41, 5.74) is -0.343. The van der Waals surface area contributed by atoms with E-state index in [1.807, 2.05) is 0 Å². The second-order valence-corrected chi connectivity index (χ2v) is 4.92. The van der Waals surface area contributed by atoms with Gasteiger partial charge < -0.3 is 5.32 Å². The summed E-state index contributed by atoms with van der Waals surface area (Å²) in [4.78, 5) is 25.0. The minimum atomic E-state index is -0.564. The summed E-state index contributed by atoms with van der Waals surface area (Å²) in [5.74, 6) is -0.894. The van der Waals surface area contributed by atoms with Crippen molar-refractivity contribution in [2.24, 2.45) is 0 Å². The summed E-state index contributed by atoms with van der Waals surface area (Å²) in [5, 5.41) is 2.83. The van der Waals surface area contributed by atoms with E-state index in [1.165, 1.54) is 18.2 Å². The third-order valence-electron chi connectivity index (χ3n) is 3.72. The molecule has 4 nitrogen and oxygen atoms in total. The van der Waals surface area contributed by atoms with Gasteiger partial charge in [-0.05, 0) is 31.4 Å². The molecule has 18 heavy (non-hydrogen) atoms. The first-order valence-electron chi connectivity index (χ1n) is 6.01. The molecule has 1 aliphatic carbocycles. The van der Waals surface area contributed by atoms with Crippen LogP contribution in [0, 0.1) is 5.82 Å². The first-order chi connectivity index (χ1) is 8.61. The van der Waals surface area contributed by atoms with Gasteiger partial charge in [-0.2, -0.15) is 0 Å². The van der Waals surface area contributed by atoms with E-state index in [2.05, 4.69) is 5.32 Å². The largest absolute Gasteiger partial charge is 0.331 e. The number of rotatable bonds is 1. The van der Waals surface area contributed by atoms with Crippen LogP contribution in [-0.4, -0.2) is 17.5 Å². The quantitative estimate of drug-likeness (QED) is 0.828. The lowest BCUT2D eigenvalue weighted by Crippen LogP contribution is -2.65. The Bertz CT molecular complexity index is 505. The van der Waals surface area contributed by atoms with Gasteiger partial charge in [0.25, 0.3) is 0 Å². The number of benzene rings is 1. The van der Waals surface area contributed by atoms with Crippen molar-refractivity contribution in [1.29, 1.82) is 0 Å². The number of nitrogens with zero attached hydrogens (tertiary/aromatic N) is 1. The lowest BCUT2D eigenvalue weighted by Gasteiger charge is -2.47. The number of hydrogen-bond acceptors (Lipinski definition) is 2. The average Bonchev–Trinajstić information content (AvgIpc) is 2.28. The number of amides is 3. The monoisotopic (exact) mass is 248 g/mol. The molecule has 5 heteroatoms. The van der Waals surface area contributed by atoms with Gasteiger partial charge in [-0.15, -0.1) is 0 Å². The van der Waals surface area contributed by atoms with Crippen LogP contribution in [0.1, 0.15) is 25.7 Å². The van der Waals surface area contributed by atoms with Gasteiger partial charge in [0, 0.05) is 0 Å². The standard InChI is InChI=1S/C13H13FN2O2/c14-9-4-1-2-5-10(9)16-11(17)8-13(6-3-7-13)15-12(16)18/h1-2,4-5H,3,6-8H2,(H,15,18). The Morgan fingerprint density at radius 3 is 2.50 bits per heavy atom. The molecule has 1 N–H and O–H groups in total. The number of halogens is 1. The summed E-state index contributed by atoms with van der Waals surface area (Å²) in [6, 6.07) is 5.29. The van der Waals surface area contributed by atoms with Crippen LogP contribution >= 0.6 is 0 Å². The Morgan fingerprint density at radius 2 is 1.94 bits per heavy atom. The maximum absolute atomic E-state index is 13.6. The number of hydrogen-bond donors (Lipinski definition) is 1. The Labute approximate surface area is 104 Å². The van der Waals surface area contributed by atoms with E-state index in [-0.39, 0.29) is 23.6 Å². The van der Waals surface area contributed by atoms with Gasteiger partial charge in [-0.3, -0.25) is 4.79 Å². The molecule has 1 spiro atoms. The number of anilines is 1. The fourth-order valence-corrected chi connectivity index (χ4v) is 2.59. The zero-order valence-electron chi connectivity index (χ0n) is 9.78. The molecule has 0 atom stereocenters. The molecule has 1 saturated heterocycles. The topological polar surface area (TPSA) is 49.4 Å². The predicted molar refractivity (Wildman–Crippen MR) is 63.6 cm³/mol. The molecule has 0 bridgehead atoms. The van der Waals surface area contributed by atoms with Crippen molar-refractivity contribution >= 4 is 17.6 Å². The highest BCUT2D eigenvalue weighted by atomic mass is 19.1. The van der Waals surface area contributed by atoms with Gasteiger partial charge in [-0.25, -0.2) is 14.1 Å². The number of para-hydroxylation sites is 1. The summed E-state index contributed by atoms with van der Waals surface area (Å²) < 4.78 is 13.6. The smallest absolute Gasteiger partial charge is 0.329 e. The predicted octanol–water partition coefficient (Wildman–Crippen LogP) is 2.19. The Morgan fingerprint density at radius 1 is 1.22 bits per heavy atom. The molecule has 0 radical (unpaired) electrons. The molecular weight excluding hydrogens is 235 g/mol. The van der Waals surface area contributed by atoms with Crippen molar-refractivity contribution in [2.45, 2.75) is 31.2 Å². The van der Waals surface area contributed by atoms with Gasteiger partial charge in [0.2, 0.25) is 5.91 Å². The van der Waals surface area contributed by atoms with Gasteiger partial charge in [0.05, 0.1) is 17.6 Å². The van der Waals surface area contributed by atoms with Crippen molar-refractivity contribution in [3.8, 4) is 0 Å². The average molecular weight is 248 g/mol. The fourth-order valence-electron chi connectivity index (χ4n) is 2.59. The molecule has 1 saturated carbocycles. The molecule has 0 aromatic heterocycles. The minimum Gasteiger partial charge on any atom is -0.331 e. The van der Waals surface area contributed by atoms with Crippen LogP contribution < -0.4 is 10.2 Å². The zero-order chi connectivity index (χ0) is 12.8. The second-order valence-electron chi connectivity index (χ2n) is 4.92. The molecule has 2 aliphatic rings. The van der Waals surface area contributed by atoms with Crippen LogP contribution in [0.5, 0.6) is 0 Å². The Hall–Kier alpha value is -1.91. The Balaban J connectivity index is 1.92. The van der Waals surface area contributed by atoms with Gasteiger partial charge in [-0.1, -0.05) is 12.1 Å². The third kappa shape index (κ3) is 1.58. The highest BCUT2D eigenvalue weighted by molar-refractivity contribution is 6.16. The third-order valence-corrected chi connectivity index (χ3v) is 3.72. The van der Waals surface area contributed by atoms with E-state index in [1.54, 1.807) is 6.07 Å². The van der Waals surface area contributed by atoms with Crippen LogP contribution in [0.4, 0.5) is 14.9 Å². The minimum absolute atomic E-state index is 0.0224. The highest BCUT2D eigenvalue weighted by Crippen LogP contribution is 2.38. The SMILES string of the molecule is O=C1CC2(CCC2)NC(=O)N1c1ccccc1F. The molecule has 2 fully saturated rings. The molecule has 0 unspecified atom stereocenters. The molecule has 1 aliphatic heterocycles. The number of carbonyl (C=O) groups is 2. The lowest BCUT2D eigenvalue weighted by atomic mass is 9.73. The van der Waals surface area contributed by atoms with Gasteiger partial charge in [0.15, 0.2) is 0 Å². The summed E-state index contributed by atoms with van der Waals surface area (Å²) in [7, 11) is 0. The molecule has 1 aromatic carbocycles. The van der Waals surface area contributed by atoms with Crippen LogP contribution in [0.15, 0.2) is 24.3 Å². The lowest BCUT2D eigenvalue weighted by molar-refractivity contribution is -0.121. The van der Waals surface area contributed by atoms with E-state index < -0.39 is 11.8 Å². The van der Waals surface area contributed by atoms with E-state index >= 15 is 0 Å². The van der Waals surface area contributed by atoms with Crippen LogP contribution in [0.25, 0.3) is 0 Å². The molecule has 1 aromatic rings. The van der Waals surface area contributed by atoms with Crippen LogP contribution in [-0.2, 0) is 4.79 Å². The molecule has 3 rings (SSSR count). The van der Waals surface area contributed by atoms with E-state index in [4.69, 9.17) is 0 Å². The van der Waals surface area contributed by atoms with Crippen molar-refractivity contribution in [3.05, 3.63) is 30.1 Å². The summed E-state index contributed by atoms with van der Waals surface area (Å²) >= 11 is 0. The fraction of sp³-hybridized carbons (Fsp3) is 0.385. The van der Waals surface area contributed by atoms with Crippen molar-refractivity contribution in [2.75, 3.05) is 4.90 Å². The molecular formula is C13H13FN2O2. The Kier molecular flexibility index (Phi) is 2.36. The van der Waals surface area contributed by atoms with Crippen molar-refractivity contribution < 1.29 is 14.0 Å². The van der Waals surface area contributed by atoms with Crippen molar-refractivity contribution in [3.63, 3.8) is 0 Å². The first kappa shape index (κ1) is 11.2. The van der Waals surface area contributed by atoms with E-state index in [9.17, 15) is 14.0 Å². The number of nitrogens with one attached hydrogen (secondary N) is 1. The normalized spacial score (nSPS) is 21.7. The van der Waals surface area contributed by atoms with Gasteiger partial charge in [0.1, 0.15) is 5.82 Å².